The van der Waals surface area contributed by atoms with E-state index in [0.717, 1.165) is 12.1 Å². The number of fused-ring (bicyclic) bond motifs is 1. The third-order valence-corrected chi connectivity index (χ3v) is 2.99. The number of rotatable bonds is 2. The molecule has 3 aromatic rings. The van der Waals surface area contributed by atoms with E-state index in [1.54, 1.807) is 6.33 Å². The summed E-state index contributed by atoms with van der Waals surface area (Å²) < 4.78 is 1.93. The third kappa shape index (κ3) is 1.80. The molecule has 0 spiro atoms. The molecule has 17 heavy (non-hydrogen) atoms. The minimum absolute atomic E-state index is 0.874. The number of aryl methyl sites for hydroxylation is 1. The summed E-state index contributed by atoms with van der Waals surface area (Å²) in [6, 6.07) is 12.7. The van der Waals surface area contributed by atoms with E-state index >= 15 is 0 Å². The van der Waals surface area contributed by atoms with Gasteiger partial charge in [0.25, 0.3) is 0 Å². The monoisotopic (exact) mass is 223 g/mol. The summed E-state index contributed by atoms with van der Waals surface area (Å²) in [5.41, 5.74) is 4.64. The number of nitrogens with zero attached hydrogens (tertiary/aromatic N) is 3. The second kappa shape index (κ2) is 4.01. The van der Waals surface area contributed by atoms with E-state index in [-0.39, 0.29) is 0 Å². The van der Waals surface area contributed by atoms with Crippen molar-refractivity contribution in [2.75, 3.05) is 0 Å². The summed E-state index contributed by atoms with van der Waals surface area (Å²) in [5, 5.41) is 7.87. The zero-order chi connectivity index (χ0) is 11.7. The lowest BCUT2D eigenvalue weighted by atomic mass is 10.0. The Morgan fingerprint density at radius 3 is 2.53 bits per heavy atom. The number of aromatic nitrogens is 3. The Balaban J connectivity index is 2.06. The lowest BCUT2D eigenvalue weighted by Crippen LogP contribution is -1.86. The molecule has 0 N–H and O–H groups in total. The molecule has 0 bridgehead atoms. The van der Waals surface area contributed by atoms with Gasteiger partial charge in [-0.25, -0.2) is 0 Å². The van der Waals surface area contributed by atoms with Crippen molar-refractivity contribution in [3.63, 3.8) is 0 Å². The van der Waals surface area contributed by atoms with Gasteiger partial charge in [-0.1, -0.05) is 31.2 Å². The van der Waals surface area contributed by atoms with Crippen LogP contribution in [0.15, 0.2) is 48.9 Å². The fraction of sp³-hybridized carbons (Fsp3) is 0.143. The maximum atomic E-state index is 3.99. The minimum Gasteiger partial charge on any atom is -0.288 e. The molecule has 0 fully saturated rings. The molecule has 1 aromatic carbocycles. The molecule has 84 valence electrons. The van der Waals surface area contributed by atoms with Crippen LogP contribution in [0, 0.1) is 0 Å². The fourth-order valence-electron chi connectivity index (χ4n) is 1.93. The van der Waals surface area contributed by atoms with Gasteiger partial charge < -0.3 is 0 Å². The fourth-order valence-corrected chi connectivity index (χ4v) is 1.93. The summed E-state index contributed by atoms with van der Waals surface area (Å²) in [6.07, 6.45) is 4.85. The van der Waals surface area contributed by atoms with Crippen molar-refractivity contribution in [2.45, 2.75) is 13.3 Å². The molecule has 0 aliphatic rings. The predicted molar refractivity (Wildman–Crippen MR) is 67.8 cm³/mol. The minimum atomic E-state index is 0.874. The molecule has 0 saturated heterocycles. The Bertz CT molecular complexity index is 638. The van der Waals surface area contributed by atoms with Gasteiger partial charge in [0.1, 0.15) is 6.33 Å². The average Bonchev–Trinajstić information content (AvgIpc) is 2.86. The topological polar surface area (TPSA) is 30.2 Å². The van der Waals surface area contributed by atoms with Crippen LogP contribution < -0.4 is 0 Å². The molecule has 0 aliphatic heterocycles. The Hall–Kier alpha value is -2.16. The van der Waals surface area contributed by atoms with Gasteiger partial charge in [-0.3, -0.25) is 4.40 Å². The molecule has 3 nitrogen and oxygen atoms in total. The van der Waals surface area contributed by atoms with Crippen LogP contribution in [0.4, 0.5) is 0 Å². The lowest BCUT2D eigenvalue weighted by Gasteiger charge is -2.03. The van der Waals surface area contributed by atoms with Crippen molar-refractivity contribution < 1.29 is 0 Å². The summed E-state index contributed by atoms with van der Waals surface area (Å²) in [4.78, 5) is 0. The molecule has 3 heteroatoms. The predicted octanol–water partition coefficient (Wildman–Crippen LogP) is 2.96. The molecule has 0 atom stereocenters. The highest BCUT2D eigenvalue weighted by Crippen LogP contribution is 2.20. The molecular formula is C14H13N3. The molecule has 0 aliphatic carbocycles. The standard InChI is InChI=1S/C14H13N3/c1-2-11-3-5-12(6-4-11)13-7-8-14-16-15-10-17(14)9-13/h3-10H,2H2,1H3. The van der Waals surface area contributed by atoms with Crippen molar-refractivity contribution in [3.05, 3.63) is 54.5 Å². The lowest BCUT2D eigenvalue weighted by molar-refractivity contribution is 1.10. The zero-order valence-corrected chi connectivity index (χ0v) is 9.67. The molecular weight excluding hydrogens is 210 g/mol. The van der Waals surface area contributed by atoms with Crippen LogP contribution in [0.2, 0.25) is 0 Å². The summed E-state index contributed by atoms with van der Waals surface area (Å²) in [6.45, 7) is 2.16. The van der Waals surface area contributed by atoms with E-state index in [9.17, 15) is 0 Å². The summed E-state index contributed by atoms with van der Waals surface area (Å²) in [7, 11) is 0. The number of pyridine rings is 1. The van der Waals surface area contributed by atoms with Gasteiger partial charge in [0, 0.05) is 6.20 Å². The van der Waals surface area contributed by atoms with Gasteiger partial charge in [-0.15, -0.1) is 10.2 Å². The Morgan fingerprint density at radius 1 is 1.00 bits per heavy atom. The average molecular weight is 223 g/mol. The first-order valence-electron chi connectivity index (χ1n) is 5.75. The largest absolute Gasteiger partial charge is 0.288 e. The van der Waals surface area contributed by atoms with Gasteiger partial charge >= 0.3 is 0 Å². The van der Waals surface area contributed by atoms with Crippen LogP contribution in [0.1, 0.15) is 12.5 Å². The highest BCUT2D eigenvalue weighted by atomic mass is 15.2. The molecule has 3 rings (SSSR count). The van der Waals surface area contributed by atoms with E-state index in [2.05, 4.69) is 53.6 Å². The quantitative estimate of drug-likeness (QED) is 0.668. The van der Waals surface area contributed by atoms with Crippen molar-refractivity contribution in [2.24, 2.45) is 0 Å². The Labute approximate surface area is 99.7 Å². The molecule has 2 aromatic heterocycles. The first-order chi connectivity index (χ1) is 8.36. The van der Waals surface area contributed by atoms with Crippen molar-refractivity contribution in [3.8, 4) is 11.1 Å². The Morgan fingerprint density at radius 2 is 1.76 bits per heavy atom. The summed E-state index contributed by atoms with van der Waals surface area (Å²) >= 11 is 0. The van der Waals surface area contributed by atoms with Crippen LogP contribution in [-0.2, 0) is 6.42 Å². The van der Waals surface area contributed by atoms with E-state index < -0.39 is 0 Å². The highest BCUT2D eigenvalue weighted by molar-refractivity contribution is 5.64. The first-order valence-corrected chi connectivity index (χ1v) is 5.75. The molecule has 2 heterocycles. The zero-order valence-electron chi connectivity index (χ0n) is 9.67. The van der Waals surface area contributed by atoms with Gasteiger partial charge in [0.2, 0.25) is 0 Å². The molecule has 0 unspecified atom stereocenters. The van der Waals surface area contributed by atoms with Crippen molar-refractivity contribution in [1.82, 2.24) is 14.6 Å². The summed E-state index contributed by atoms with van der Waals surface area (Å²) in [5.74, 6) is 0. The van der Waals surface area contributed by atoms with Gasteiger partial charge in [-0.2, -0.15) is 0 Å². The van der Waals surface area contributed by atoms with E-state index in [0.29, 0.717) is 0 Å². The van der Waals surface area contributed by atoms with Gasteiger partial charge in [0.05, 0.1) is 0 Å². The van der Waals surface area contributed by atoms with Crippen LogP contribution in [0.25, 0.3) is 16.8 Å². The van der Waals surface area contributed by atoms with Crippen molar-refractivity contribution >= 4 is 5.65 Å². The number of benzene rings is 1. The van der Waals surface area contributed by atoms with Gasteiger partial charge in [0.15, 0.2) is 5.65 Å². The third-order valence-electron chi connectivity index (χ3n) is 2.99. The second-order valence-corrected chi connectivity index (χ2v) is 4.06. The normalized spacial score (nSPS) is 10.9. The molecule has 0 amide bonds. The maximum absolute atomic E-state index is 3.99. The van der Waals surface area contributed by atoms with Crippen LogP contribution >= 0.6 is 0 Å². The second-order valence-electron chi connectivity index (χ2n) is 4.06. The van der Waals surface area contributed by atoms with Crippen LogP contribution in [-0.4, -0.2) is 14.6 Å². The molecule has 0 saturated carbocycles. The van der Waals surface area contributed by atoms with Gasteiger partial charge in [-0.05, 0) is 35.2 Å². The first kappa shape index (κ1) is 10.0. The Kier molecular flexibility index (Phi) is 2.37. The van der Waals surface area contributed by atoms with E-state index in [1.807, 2.05) is 10.5 Å². The van der Waals surface area contributed by atoms with Crippen molar-refractivity contribution in [1.29, 1.82) is 0 Å². The smallest absolute Gasteiger partial charge is 0.160 e. The highest BCUT2D eigenvalue weighted by Gasteiger charge is 2.00. The van der Waals surface area contributed by atoms with Crippen LogP contribution in [0.3, 0.4) is 0 Å². The molecule has 0 radical (unpaired) electrons. The number of hydrogen-bond donors (Lipinski definition) is 0. The van der Waals surface area contributed by atoms with E-state index in [4.69, 9.17) is 0 Å². The maximum Gasteiger partial charge on any atom is 0.160 e. The SMILES string of the molecule is CCc1ccc(-c2ccc3nncn3c2)cc1. The van der Waals surface area contributed by atoms with Crippen LogP contribution in [0.5, 0.6) is 0 Å². The number of hydrogen-bond acceptors (Lipinski definition) is 2. The van der Waals surface area contributed by atoms with E-state index in [1.165, 1.54) is 16.7 Å².